The molecule has 7 N–H and O–H groups in total. The monoisotopic (exact) mass is 1810 g/mol. The van der Waals surface area contributed by atoms with E-state index in [-0.39, 0.29) is 132 Å². The maximum Gasteiger partial charge on any atom is 0.328 e. The summed E-state index contributed by atoms with van der Waals surface area (Å²) in [6.07, 6.45) is 2.45. The number of fused-ring (bicyclic) bond motifs is 7. The number of imide groups is 3. The third-order valence-corrected chi connectivity index (χ3v) is 23.6. The van der Waals surface area contributed by atoms with Crippen molar-refractivity contribution < 1.29 is 118 Å². The number of aromatic amines is 1. The number of ether oxygens (including phenoxy) is 6. The van der Waals surface area contributed by atoms with Gasteiger partial charge in [-0.25, -0.2) is 48.4 Å². The number of amides is 13. The van der Waals surface area contributed by atoms with E-state index >= 15 is 4.39 Å². The van der Waals surface area contributed by atoms with Gasteiger partial charge in [0.1, 0.15) is 45.7 Å². The number of aliphatic hydroxyl groups is 1. The summed E-state index contributed by atoms with van der Waals surface area (Å²) in [4.78, 5) is 220. The Hall–Kier alpha value is -15.5. The number of β-amino-alcohol motifs (C(OH)–C–C–N with tert-alkyl or cyclic N) is 1. The van der Waals surface area contributed by atoms with Gasteiger partial charge in [-0.1, -0.05) is 18.2 Å². The van der Waals surface area contributed by atoms with Crippen molar-refractivity contribution in [1.29, 1.82) is 0 Å². The van der Waals surface area contributed by atoms with E-state index in [1.807, 2.05) is 6.07 Å². The minimum Gasteiger partial charge on any atom is -0.497 e. The van der Waals surface area contributed by atoms with Crippen LogP contribution in [0.25, 0.3) is 44.4 Å². The van der Waals surface area contributed by atoms with Gasteiger partial charge in [-0.2, -0.15) is 0 Å². The molecule has 8 aliphatic rings. The van der Waals surface area contributed by atoms with Crippen LogP contribution in [-0.4, -0.2) is 211 Å². The second-order valence-corrected chi connectivity index (χ2v) is 36.0. The summed E-state index contributed by atoms with van der Waals surface area (Å²) in [5.74, 6) is -5.72. The number of nitrogens with one attached hydrogen (secondary N) is 4. The molecule has 4 atom stereocenters. The Morgan fingerprint density at radius 2 is 1.02 bits per heavy atom. The maximum atomic E-state index is 15.1. The zero-order chi connectivity index (χ0) is 94.7. The molecule has 0 bridgehead atoms. The third kappa shape index (κ3) is 16.4. The number of aliphatic hydroxyl groups excluding tert-OH is 1. The van der Waals surface area contributed by atoms with Gasteiger partial charge in [0.25, 0.3) is 41.0 Å². The van der Waals surface area contributed by atoms with Gasteiger partial charge in [0.2, 0.25) is 17.6 Å². The summed E-state index contributed by atoms with van der Waals surface area (Å²) < 4.78 is 64.8. The molecule has 0 radical (unpaired) electrons. The number of aromatic nitrogens is 4. The number of methoxy groups -OCH3 is 3. The molecule has 7 aliphatic heterocycles. The van der Waals surface area contributed by atoms with Crippen LogP contribution in [0.2, 0.25) is 0 Å². The number of hydrogen-bond donors (Lipinski definition) is 6. The molecule has 13 heterocycles. The molecule has 18 rings (SSSR count). The molecule has 6 aromatic heterocycles. The number of aryl methyl sites for hydroxylation is 1. The van der Waals surface area contributed by atoms with E-state index in [0.29, 0.717) is 79.6 Å². The normalized spacial score (nSPS) is 19.9. The number of nitrogens with zero attached hydrogens (tertiary/aromatic N) is 10. The molecule has 4 saturated heterocycles. The van der Waals surface area contributed by atoms with Gasteiger partial charge in [0, 0.05) is 77.4 Å². The number of anilines is 2. The predicted octanol–water partition coefficient (Wildman–Crippen LogP) is 8.05. The first kappa shape index (κ1) is 89.9. The molecule has 0 spiro atoms. The fraction of sp³-hybridized carbons (Fsp3) is 0.363. The van der Waals surface area contributed by atoms with Gasteiger partial charge >= 0.3 is 36.0 Å². The molecule has 10 aromatic rings. The third-order valence-electron chi connectivity index (χ3n) is 23.6. The van der Waals surface area contributed by atoms with Crippen molar-refractivity contribution in [3.05, 3.63) is 187 Å². The highest BCUT2D eigenvalue weighted by molar-refractivity contribution is 6.12. The van der Waals surface area contributed by atoms with E-state index in [4.69, 9.17) is 47.4 Å². The number of furan rings is 3. The van der Waals surface area contributed by atoms with Crippen LogP contribution in [0.3, 0.4) is 0 Å². The number of rotatable bonds is 20. The van der Waals surface area contributed by atoms with Gasteiger partial charge < -0.3 is 83.2 Å². The summed E-state index contributed by atoms with van der Waals surface area (Å²) in [6, 6.07) is 24.7. The quantitative estimate of drug-likeness (QED) is 0.0238. The summed E-state index contributed by atoms with van der Waals surface area (Å²) in [5.41, 5.74) is 2.41. The van der Waals surface area contributed by atoms with Gasteiger partial charge in [0.05, 0.1) is 87.5 Å². The number of urea groups is 3. The van der Waals surface area contributed by atoms with E-state index in [1.54, 1.807) is 135 Å². The van der Waals surface area contributed by atoms with Gasteiger partial charge in [-0.3, -0.25) is 67.4 Å². The molecular weight excluding hydrogens is 1720 g/mol. The van der Waals surface area contributed by atoms with Gasteiger partial charge in [-0.15, -0.1) is 0 Å². The number of ketones is 1. The lowest BCUT2D eigenvalue weighted by atomic mass is 9.89. The zero-order valence-corrected chi connectivity index (χ0v) is 73.5. The Morgan fingerprint density at radius 3 is 1.52 bits per heavy atom. The van der Waals surface area contributed by atoms with E-state index in [0.717, 1.165) is 26.7 Å². The van der Waals surface area contributed by atoms with Crippen molar-refractivity contribution in [1.82, 2.24) is 65.3 Å². The van der Waals surface area contributed by atoms with Crippen molar-refractivity contribution in [3.8, 4) is 28.5 Å². The average Bonchev–Trinajstić information content (AvgIpc) is 1.58. The highest BCUT2D eigenvalue weighted by Crippen LogP contribution is 2.44. The van der Waals surface area contributed by atoms with Gasteiger partial charge in [0.15, 0.2) is 59.7 Å². The fourth-order valence-corrected chi connectivity index (χ4v) is 16.5. The Morgan fingerprint density at radius 1 is 0.530 bits per heavy atom. The molecule has 1 aliphatic carbocycles. The Kier molecular flexibility index (Phi) is 22.9. The molecule has 4 aromatic carbocycles. The molecule has 40 nitrogen and oxygen atoms in total. The SMILES string of the molecule is COc1ccc2c(c1)C(=O)N(C[C@@]1(c3cc4cc(-c5cc(=O)[nH]c(N)n5)cnc4o3)NC(=O)N(COC(=O)C(C)(C)C)C1=O)C2.COc1ccc2c(c1)C(=O)N(C[C@@]1(c3cc4nc(N5C[C@H](O)CC5=O)ccc4o3)NC(=O)N(COC(=O)C(C)(C)C)C1=O)C2.COc1ccc2c(c1F)C(=O)N(C[C@@]1(c3cc4cc5c(cc4o3)C(=O)CCC5)NC(=O)N(COC(=O)C(C)(C)C)C1=O)C2. The number of esters is 3. The lowest BCUT2D eigenvalue weighted by Gasteiger charge is -2.29. The smallest absolute Gasteiger partial charge is 0.328 e. The number of hydrogen-bond acceptors (Lipinski definition) is 29. The summed E-state index contributed by atoms with van der Waals surface area (Å²) in [7, 11) is 4.27. The molecule has 41 heteroatoms. The second kappa shape index (κ2) is 33.6. The molecule has 4 fully saturated rings. The van der Waals surface area contributed by atoms with E-state index in [2.05, 4.69) is 35.9 Å². The van der Waals surface area contributed by atoms with Crippen LogP contribution in [0.1, 0.15) is 163 Å². The van der Waals surface area contributed by atoms with Crippen LogP contribution in [0.5, 0.6) is 17.2 Å². The summed E-state index contributed by atoms with van der Waals surface area (Å²) >= 11 is 0. The van der Waals surface area contributed by atoms with E-state index in [9.17, 15) is 77.0 Å². The lowest BCUT2D eigenvalue weighted by Crippen LogP contribution is -2.52. The Bertz CT molecular complexity index is 6670. The predicted molar refractivity (Wildman–Crippen MR) is 458 cm³/mol. The number of carbonyl (C=O) groups is 14. The highest BCUT2D eigenvalue weighted by Gasteiger charge is 2.61. The molecule has 686 valence electrons. The second-order valence-electron chi connectivity index (χ2n) is 36.0. The first-order valence-electron chi connectivity index (χ1n) is 41.7. The van der Waals surface area contributed by atoms with Crippen LogP contribution >= 0.6 is 0 Å². The number of nitrogens with two attached hydrogens (primary N) is 1. The van der Waals surface area contributed by atoms with Crippen LogP contribution in [0.15, 0.2) is 127 Å². The lowest BCUT2D eigenvalue weighted by molar-refractivity contribution is -0.160. The highest BCUT2D eigenvalue weighted by atomic mass is 19.1. The number of benzene rings is 4. The first-order chi connectivity index (χ1) is 62.4. The number of H-pyrrole nitrogens is 1. The number of halogens is 1. The standard InChI is InChI=1S/C31H30FN3O8.C30H29N7O8.C30H31N5O9/c1-30(2,3)28(39)42-15-35-27(38)31(33-29(35)40,14-34-13-17-8-9-21(41-4)25(32)24(17)26(34)37)23-11-18-10-16-6-5-7-20(36)19(16)12-22(18)43-23;1-29(2,3)26(41)44-14-37-25(40)30(35-28(37)42,13-36-12-15-5-6-18(43-4)9-19(15)24(36)39)21-8-16-7-17(11-32-23(16)45-21)20-10-22(38)34-27(31)33-20;1-29(2,3)27(40)43-15-35-26(39)30(32-28(35)41,14-33-12-16-5-6-18(42-4)10-19(16)25(33)38)22-11-20-21(44-22)7-8-23(31-20)34-13-17(36)9-24(34)37/h8-12H,5-7,13-15H2,1-4H3,(H,33,40);5-11H,12-14H2,1-4H3,(H,35,42)(H3,31,33,34,38);5-8,10-11,17,36H,9,12-15H2,1-4H3,(H,32,41)/t31-;30-;17-,30+/m001/s1. The molecule has 13 amide bonds. The summed E-state index contributed by atoms with van der Waals surface area (Å²) in [5, 5.41) is 19.0. The van der Waals surface area contributed by atoms with Crippen molar-refractivity contribution in [2.75, 3.05) is 78.3 Å². The van der Waals surface area contributed by atoms with Gasteiger partial charge in [-0.05, 0) is 170 Å². The molecule has 0 unspecified atom stereocenters. The topological polar surface area (TPSA) is 510 Å². The van der Waals surface area contributed by atoms with Crippen molar-refractivity contribution in [2.45, 2.75) is 130 Å². The van der Waals surface area contributed by atoms with Crippen LogP contribution in [0.4, 0.5) is 30.5 Å². The van der Waals surface area contributed by atoms with E-state index in [1.165, 1.54) is 71.4 Å². The average molecular weight is 1810 g/mol. The van der Waals surface area contributed by atoms with Crippen LogP contribution in [0, 0.1) is 22.1 Å². The fourth-order valence-electron chi connectivity index (χ4n) is 16.5. The maximum absolute atomic E-state index is 15.1. The molecule has 0 saturated carbocycles. The van der Waals surface area contributed by atoms with E-state index < -0.39 is 137 Å². The Balaban J connectivity index is 0.000000144. The minimum absolute atomic E-state index is 0.00531. The Labute approximate surface area is 749 Å². The number of carbonyl (C=O) groups excluding carboxylic acids is 14. The van der Waals surface area contributed by atoms with Crippen LogP contribution < -0.4 is 46.4 Å². The minimum atomic E-state index is -1.94. The number of Topliss-reactive ketones (excluding diaryl/α,β-unsaturated/α-hetero) is 1. The number of nitrogen functional groups attached to an aromatic ring is 1. The zero-order valence-electron chi connectivity index (χ0n) is 73.5. The van der Waals surface area contributed by atoms with Crippen LogP contribution in [-0.2, 0) is 90.4 Å². The van der Waals surface area contributed by atoms with Crippen molar-refractivity contribution in [3.63, 3.8) is 0 Å². The van der Waals surface area contributed by atoms with Crippen molar-refractivity contribution >= 4 is 128 Å². The number of pyridine rings is 2. The first-order valence-corrected chi connectivity index (χ1v) is 41.7. The largest absolute Gasteiger partial charge is 0.497 e. The summed E-state index contributed by atoms with van der Waals surface area (Å²) in [6.45, 7) is 12.1. The van der Waals surface area contributed by atoms with Crippen molar-refractivity contribution in [2.24, 2.45) is 16.2 Å². The molecule has 132 heavy (non-hydrogen) atoms. The molecular formula is C91H90FN15O25.